The first kappa shape index (κ1) is 20.7. The Morgan fingerprint density at radius 1 is 1.03 bits per heavy atom. The molecule has 31 heavy (non-hydrogen) atoms. The van der Waals surface area contributed by atoms with Gasteiger partial charge in [0.15, 0.2) is 17.5 Å². The molecule has 1 fully saturated rings. The third-order valence-electron chi connectivity index (χ3n) is 5.23. The number of carbonyl (C=O) groups excluding carboxylic acids is 1. The van der Waals surface area contributed by atoms with Crippen LogP contribution >= 0.6 is 0 Å². The van der Waals surface area contributed by atoms with E-state index < -0.39 is 11.6 Å². The van der Waals surface area contributed by atoms with E-state index in [1.807, 2.05) is 36.1 Å². The summed E-state index contributed by atoms with van der Waals surface area (Å²) in [4.78, 5) is 23.3. The summed E-state index contributed by atoms with van der Waals surface area (Å²) in [7, 11) is 0. The zero-order chi connectivity index (χ0) is 21.8. The minimum absolute atomic E-state index is 0.207. The predicted molar refractivity (Wildman–Crippen MR) is 113 cm³/mol. The lowest BCUT2D eigenvalue weighted by Gasteiger charge is -2.32. The molecule has 1 aliphatic heterocycles. The van der Waals surface area contributed by atoms with Gasteiger partial charge < -0.3 is 15.0 Å². The van der Waals surface area contributed by atoms with Crippen molar-refractivity contribution in [1.29, 1.82) is 0 Å². The van der Waals surface area contributed by atoms with Crippen LogP contribution in [0.15, 0.2) is 54.9 Å². The maximum Gasteiger partial charge on any atom is 0.263 e. The van der Waals surface area contributed by atoms with Crippen molar-refractivity contribution >= 4 is 17.4 Å². The Kier molecular flexibility index (Phi) is 6.06. The van der Waals surface area contributed by atoms with E-state index in [2.05, 4.69) is 15.3 Å². The molecule has 1 amide bonds. The monoisotopic (exact) mass is 424 g/mol. The summed E-state index contributed by atoms with van der Waals surface area (Å²) < 4.78 is 32.4. The lowest BCUT2D eigenvalue weighted by atomic mass is 9.96. The second-order valence-corrected chi connectivity index (χ2v) is 7.48. The molecule has 8 heteroatoms. The van der Waals surface area contributed by atoms with Crippen LogP contribution in [0.25, 0.3) is 0 Å². The van der Waals surface area contributed by atoms with Crippen LogP contribution in [-0.4, -0.2) is 29.0 Å². The van der Waals surface area contributed by atoms with Crippen LogP contribution in [0.4, 0.5) is 20.3 Å². The Bertz CT molecular complexity index is 1070. The standard InChI is InChI=1S/C23H22F2N4O2/c1-15-2-5-18(6-3-15)31-23-21(26-10-11-27-23)29-12-8-16(9-13-29)22(30)28-17-4-7-19(24)20(25)14-17/h2-7,10-11,14,16H,8-9,12-13H2,1H3,(H,28,30). The number of anilines is 2. The van der Waals surface area contributed by atoms with Gasteiger partial charge in [-0.25, -0.2) is 18.7 Å². The number of nitrogens with zero attached hydrogens (tertiary/aromatic N) is 3. The summed E-state index contributed by atoms with van der Waals surface area (Å²) in [6, 6.07) is 11.0. The molecule has 0 radical (unpaired) electrons. The summed E-state index contributed by atoms with van der Waals surface area (Å²) in [5, 5.41) is 2.67. The molecule has 6 nitrogen and oxygen atoms in total. The second-order valence-electron chi connectivity index (χ2n) is 7.48. The molecule has 1 aliphatic rings. The molecule has 1 saturated heterocycles. The first-order chi connectivity index (χ1) is 15.0. The van der Waals surface area contributed by atoms with Gasteiger partial charge in [0.1, 0.15) is 5.75 Å². The zero-order valence-electron chi connectivity index (χ0n) is 17.0. The van der Waals surface area contributed by atoms with Gasteiger partial charge in [0.05, 0.1) is 0 Å². The SMILES string of the molecule is Cc1ccc(Oc2nccnc2N2CCC(C(=O)Nc3ccc(F)c(F)c3)CC2)cc1. The fraction of sp³-hybridized carbons (Fsp3) is 0.261. The number of hydrogen-bond acceptors (Lipinski definition) is 5. The van der Waals surface area contributed by atoms with Crippen molar-refractivity contribution < 1.29 is 18.3 Å². The largest absolute Gasteiger partial charge is 0.436 e. The first-order valence-electron chi connectivity index (χ1n) is 10.1. The van der Waals surface area contributed by atoms with Crippen LogP contribution in [0.2, 0.25) is 0 Å². The van der Waals surface area contributed by atoms with Crippen LogP contribution in [0.3, 0.4) is 0 Å². The van der Waals surface area contributed by atoms with Gasteiger partial charge in [0.25, 0.3) is 5.88 Å². The number of halogens is 2. The molecule has 1 N–H and O–H groups in total. The van der Waals surface area contributed by atoms with Crippen molar-refractivity contribution in [2.75, 3.05) is 23.3 Å². The number of nitrogens with one attached hydrogen (secondary N) is 1. The number of aryl methyl sites for hydroxylation is 1. The Labute approximate surface area is 178 Å². The van der Waals surface area contributed by atoms with Crippen molar-refractivity contribution in [3.05, 3.63) is 72.1 Å². The summed E-state index contributed by atoms with van der Waals surface area (Å²) in [6.45, 7) is 3.20. The molecular weight excluding hydrogens is 402 g/mol. The fourth-order valence-corrected chi connectivity index (χ4v) is 3.50. The molecule has 0 saturated carbocycles. The average Bonchev–Trinajstić information content (AvgIpc) is 2.78. The van der Waals surface area contributed by atoms with Crippen molar-refractivity contribution in [3.63, 3.8) is 0 Å². The van der Waals surface area contributed by atoms with Gasteiger partial charge >= 0.3 is 0 Å². The quantitative estimate of drug-likeness (QED) is 0.643. The maximum atomic E-state index is 13.4. The molecule has 0 unspecified atom stereocenters. The fourth-order valence-electron chi connectivity index (χ4n) is 3.50. The molecule has 4 rings (SSSR count). The zero-order valence-corrected chi connectivity index (χ0v) is 17.0. The highest BCUT2D eigenvalue weighted by molar-refractivity contribution is 5.92. The maximum absolute atomic E-state index is 13.4. The van der Waals surface area contributed by atoms with Crippen molar-refractivity contribution in [2.24, 2.45) is 5.92 Å². The highest BCUT2D eigenvalue weighted by Crippen LogP contribution is 2.31. The number of hydrogen-bond donors (Lipinski definition) is 1. The van der Waals surface area contributed by atoms with Gasteiger partial charge in [-0.1, -0.05) is 17.7 Å². The van der Waals surface area contributed by atoms with E-state index in [0.717, 1.165) is 17.7 Å². The number of rotatable bonds is 5. The highest BCUT2D eigenvalue weighted by atomic mass is 19.2. The molecular formula is C23H22F2N4O2. The van der Waals surface area contributed by atoms with Crippen LogP contribution in [0, 0.1) is 24.5 Å². The van der Waals surface area contributed by atoms with E-state index in [9.17, 15) is 13.6 Å². The summed E-state index contributed by atoms with van der Waals surface area (Å²) in [5.74, 6) is -0.662. The summed E-state index contributed by atoms with van der Waals surface area (Å²) in [6.07, 6.45) is 4.38. The summed E-state index contributed by atoms with van der Waals surface area (Å²) in [5.41, 5.74) is 1.38. The minimum atomic E-state index is -0.989. The normalized spacial score (nSPS) is 14.4. The van der Waals surface area contributed by atoms with E-state index in [4.69, 9.17) is 4.74 Å². The number of ether oxygens (including phenoxy) is 1. The molecule has 0 atom stereocenters. The van der Waals surface area contributed by atoms with Gasteiger partial charge in [-0.2, -0.15) is 0 Å². The number of aromatic nitrogens is 2. The highest BCUT2D eigenvalue weighted by Gasteiger charge is 2.27. The van der Waals surface area contributed by atoms with Gasteiger partial charge in [-0.05, 0) is 44.0 Å². The molecule has 1 aromatic heterocycles. The minimum Gasteiger partial charge on any atom is -0.436 e. The number of amides is 1. The lowest BCUT2D eigenvalue weighted by molar-refractivity contribution is -0.120. The smallest absolute Gasteiger partial charge is 0.263 e. The Morgan fingerprint density at radius 3 is 2.45 bits per heavy atom. The number of benzene rings is 2. The third kappa shape index (κ3) is 4.96. The van der Waals surface area contributed by atoms with Crippen LogP contribution in [-0.2, 0) is 4.79 Å². The van der Waals surface area contributed by atoms with E-state index in [1.54, 1.807) is 12.4 Å². The van der Waals surface area contributed by atoms with Crippen molar-refractivity contribution in [2.45, 2.75) is 19.8 Å². The van der Waals surface area contributed by atoms with Gasteiger partial charge in [-0.3, -0.25) is 4.79 Å². The van der Waals surface area contributed by atoms with Gasteiger partial charge in [0.2, 0.25) is 5.91 Å². The summed E-state index contributed by atoms with van der Waals surface area (Å²) >= 11 is 0. The van der Waals surface area contributed by atoms with Crippen molar-refractivity contribution in [3.8, 4) is 11.6 Å². The van der Waals surface area contributed by atoms with E-state index in [-0.39, 0.29) is 17.5 Å². The molecule has 0 bridgehead atoms. The molecule has 2 aromatic carbocycles. The van der Waals surface area contributed by atoms with Crippen LogP contribution in [0.1, 0.15) is 18.4 Å². The number of piperidine rings is 1. The van der Waals surface area contributed by atoms with Gasteiger partial charge in [0, 0.05) is 43.2 Å². The second kappa shape index (κ2) is 9.07. The molecule has 160 valence electrons. The lowest BCUT2D eigenvalue weighted by Crippen LogP contribution is -2.38. The molecule has 2 heterocycles. The van der Waals surface area contributed by atoms with Crippen LogP contribution < -0.4 is 15.0 Å². The molecule has 3 aromatic rings. The van der Waals surface area contributed by atoms with Crippen LogP contribution in [0.5, 0.6) is 11.6 Å². The number of carbonyl (C=O) groups is 1. The Morgan fingerprint density at radius 2 is 1.74 bits per heavy atom. The van der Waals surface area contributed by atoms with Crippen molar-refractivity contribution in [1.82, 2.24) is 9.97 Å². The Hall–Kier alpha value is -3.55. The van der Waals surface area contributed by atoms with Gasteiger partial charge in [-0.15, -0.1) is 0 Å². The third-order valence-corrected chi connectivity index (χ3v) is 5.23. The van der Waals surface area contributed by atoms with E-state index in [1.165, 1.54) is 6.07 Å². The van der Waals surface area contributed by atoms with E-state index in [0.29, 0.717) is 43.4 Å². The molecule has 0 spiro atoms. The van der Waals surface area contributed by atoms with E-state index >= 15 is 0 Å². The Balaban J connectivity index is 1.39. The average molecular weight is 424 g/mol. The molecule has 0 aliphatic carbocycles. The topological polar surface area (TPSA) is 67.4 Å². The predicted octanol–water partition coefficient (Wildman–Crippen LogP) is 4.71. The first-order valence-corrected chi connectivity index (χ1v) is 10.1.